The molecule has 0 fully saturated rings. The van der Waals surface area contributed by atoms with Crippen LogP contribution in [0.5, 0.6) is 0 Å². The largest absolute Gasteiger partial charge is 0.312 e. The molecular weight excluding hydrogens is 184 g/mol. The third-order valence-corrected chi connectivity index (χ3v) is 2.81. The minimum absolute atomic E-state index is 0.560. The maximum absolute atomic E-state index is 4.52. The van der Waals surface area contributed by atoms with Crippen LogP contribution in [0.1, 0.15) is 37.4 Å². The molecule has 0 saturated heterocycles. The van der Waals surface area contributed by atoms with Crippen molar-refractivity contribution < 1.29 is 0 Å². The number of nitrogens with one attached hydrogen (secondary N) is 1. The number of aromatic nitrogens is 1. The lowest BCUT2D eigenvalue weighted by molar-refractivity contribution is 0.737. The first-order valence-corrected chi connectivity index (χ1v) is 5.63. The molecule has 0 bridgehead atoms. The van der Waals surface area contributed by atoms with E-state index in [1.807, 2.05) is 6.20 Å². The quantitative estimate of drug-likeness (QED) is 0.797. The van der Waals surface area contributed by atoms with E-state index < -0.39 is 0 Å². The van der Waals surface area contributed by atoms with Crippen molar-refractivity contribution in [2.45, 2.75) is 26.2 Å². The lowest BCUT2D eigenvalue weighted by atomic mass is 10.0. The van der Waals surface area contributed by atoms with Crippen LogP contribution in [0, 0.1) is 0 Å². The van der Waals surface area contributed by atoms with Gasteiger partial charge in [0.05, 0.1) is 5.69 Å². The first-order chi connectivity index (χ1) is 7.27. The molecule has 0 amide bonds. The molecular formula is C13H18N2. The maximum atomic E-state index is 4.52. The fourth-order valence-corrected chi connectivity index (χ4v) is 1.78. The van der Waals surface area contributed by atoms with E-state index in [4.69, 9.17) is 0 Å². The normalized spacial score (nSPS) is 16.6. The summed E-state index contributed by atoms with van der Waals surface area (Å²) in [6.45, 7) is 6.43. The van der Waals surface area contributed by atoms with Gasteiger partial charge in [-0.2, -0.15) is 0 Å². The van der Waals surface area contributed by atoms with Crippen LogP contribution in [0.4, 0.5) is 0 Å². The molecule has 0 spiro atoms. The Kier molecular flexibility index (Phi) is 3.17. The second kappa shape index (κ2) is 4.58. The van der Waals surface area contributed by atoms with E-state index >= 15 is 0 Å². The zero-order valence-electron chi connectivity index (χ0n) is 9.46. The fourth-order valence-electron chi connectivity index (χ4n) is 1.78. The summed E-state index contributed by atoms with van der Waals surface area (Å²) in [6, 6.07) is 4.32. The monoisotopic (exact) mass is 202 g/mol. The van der Waals surface area contributed by atoms with Crippen LogP contribution in [0.25, 0.3) is 5.57 Å². The van der Waals surface area contributed by atoms with E-state index in [9.17, 15) is 0 Å². The predicted octanol–water partition coefficient (Wildman–Crippen LogP) is 2.58. The zero-order chi connectivity index (χ0) is 10.7. The molecule has 2 heteroatoms. The molecule has 0 unspecified atom stereocenters. The predicted molar refractivity (Wildman–Crippen MR) is 63.8 cm³/mol. The molecule has 1 aromatic heterocycles. The average molecular weight is 202 g/mol. The minimum Gasteiger partial charge on any atom is -0.312 e. The van der Waals surface area contributed by atoms with Gasteiger partial charge in [0.15, 0.2) is 0 Å². The smallest absolute Gasteiger partial charge is 0.0671 e. The number of hydrogen-bond donors (Lipinski definition) is 1. The highest BCUT2D eigenvalue weighted by Gasteiger charge is 2.07. The second-order valence-corrected chi connectivity index (χ2v) is 4.33. The Bertz CT molecular complexity index is 349. The van der Waals surface area contributed by atoms with Crippen LogP contribution in [0.15, 0.2) is 24.4 Å². The Morgan fingerprint density at radius 3 is 2.73 bits per heavy atom. The summed E-state index contributed by atoms with van der Waals surface area (Å²) in [4.78, 5) is 4.52. The standard InChI is InChI=1S/C13H18N2/c1-10(2)11-5-6-13(15-9-11)12-4-3-7-14-8-12/h4-6,9-10,14H,3,7-8H2,1-2H3. The molecule has 0 aromatic carbocycles. The van der Waals surface area contributed by atoms with Crippen LogP contribution >= 0.6 is 0 Å². The summed E-state index contributed by atoms with van der Waals surface area (Å²) >= 11 is 0. The summed E-state index contributed by atoms with van der Waals surface area (Å²) in [5.41, 5.74) is 3.76. The Balaban J connectivity index is 2.19. The second-order valence-electron chi connectivity index (χ2n) is 4.33. The van der Waals surface area contributed by atoms with Crippen molar-refractivity contribution >= 4 is 5.57 Å². The SMILES string of the molecule is CC(C)c1ccc(C2=CCCNC2)nc1. The van der Waals surface area contributed by atoms with Crippen molar-refractivity contribution in [2.75, 3.05) is 13.1 Å². The highest BCUT2D eigenvalue weighted by molar-refractivity contribution is 5.64. The lowest BCUT2D eigenvalue weighted by Crippen LogP contribution is -2.21. The molecule has 15 heavy (non-hydrogen) atoms. The van der Waals surface area contributed by atoms with Gasteiger partial charge in [-0.3, -0.25) is 4.98 Å². The van der Waals surface area contributed by atoms with Crippen LogP contribution in [0.2, 0.25) is 0 Å². The molecule has 0 radical (unpaired) electrons. The first kappa shape index (κ1) is 10.4. The summed E-state index contributed by atoms with van der Waals surface area (Å²) in [6.07, 6.45) is 5.40. The summed E-state index contributed by atoms with van der Waals surface area (Å²) in [5.74, 6) is 0.560. The van der Waals surface area contributed by atoms with Crippen molar-refractivity contribution in [3.05, 3.63) is 35.7 Å². The van der Waals surface area contributed by atoms with E-state index in [0.29, 0.717) is 5.92 Å². The van der Waals surface area contributed by atoms with Gasteiger partial charge in [0.1, 0.15) is 0 Å². The topological polar surface area (TPSA) is 24.9 Å². The van der Waals surface area contributed by atoms with Gasteiger partial charge in [-0.1, -0.05) is 26.0 Å². The Morgan fingerprint density at radius 2 is 2.20 bits per heavy atom. The molecule has 2 heterocycles. The van der Waals surface area contributed by atoms with Gasteiger partial charge >= 0.3 is 0 Å². The van der Waals surface area contributed by atoms with Crippen molar-refractivity contribution in [3.8, 4) is 0 Å². The number of hydrogen-bond acceptors (Lipinski definition) is 2. The minimum atomic E-state index is 0.560. The van der Waals surface area contributed by atoms with Gasteiger partial charge in [-0.15, -0.1) is 0 Å². The fraction of sp³-hybridized carbons (Fsp3) is 0.462. The molecule has 80 valence electrons. The molecule has 1 aliphatic rings. The molecule has 0 atom stereocenters. The van der Waals surface area contributed by atoms with Gasteiger partial charge in [0, 0.05) is 12.7 Å². The van der Waals surface area contributed by atoms with Gasteiger partial charge in [0.2, 0.25) is 0 Å². The zero-order valence-corrected chi connectivity index (χ0v) is 9.46. The van der Waals surface area contributed by atoms with E-state index in [1.54, 1.807) is 0 Å². The number of pyridine rings is 1. The van der Waals surface area contributed by atoms with Crippen LogP contribution in [0.3, 0.4) is 0 Å². The average Bonchev–Trinajstić information content (AvgIpc) is 2.30. The van der Waals surface area contributed by atoms with Crippen molar-refractivity contribution in [3.63, 3.8) is 0 Å². The van der Waals surface area contributed by atoms with Gasteiger partial charge in [-0.25, -0.2) is 0 Å². The van der Waals surface area contributed by atoms with Crippen LogP contribution in [-0.4, -0.2) is 18.1 Å². The Labute approximate surface area is 91.4 Å². The highest BCUT2D eigenvalue weighted by atomic mass is 14.9. The Hall–Kier alpha value is -1.15. The lowest BCUT2D eigenvalue weighted by Gasteiger charge is -2.14. The van der Waals surface area contributed by atoms with E-state index in [0.717, 1.165) is 25.2 Å². The van der Waals surface area contributed by atoms with Gasteiger partial charge in [0.25, 0.3) is 0 Å². The van der Waals surface area contributed by atoms with E-state index in [-0.39, 0.29) is 0 Å². The summed E-state index contributed by atoms with van der Waals surface area (Å²) in [5, 5.41) is 3.36. The van der Waals surface area contributed by atoms with E-state index in [1.165, 1.54) is 11.1 Å². The summed E-state index contributed by atoms with van der Waals surface area (Å²) < 4.78 is 0. The van der Waals surface area contributed by atoms with Crippen molar-refractivity contribution in [1.29, 1.82) is 0 Å². The first-order valence-electron chi connectivity index (χ1n) is 5.63. The molecule has 1 aliphatic heterocycles. The number of nitrogens with zero attached hydrogens (tertiary/aromatic N) is 1. The molecule has 2 nitrogen and oxygen atoms in total. The molecule has 0 aliphatic carbocycles. The van der Waals surface area contributed by atoms with Crippen LogP contribution < -0.4 is 5.32 Å². The molecule has 1 N–H and O–H groups in total. The highest BCUT2D eigenvalue weighted by Crippen LogP contribution is 2.18. The van der Waals surface area contributed by atoms with Crippen LogP contribution in [-0.2, 0) is 0 Å². The Morgan fingerprint density at radius 1 is 1.33 bits per heavy atom. The third kappa shape index (κ3) is 2.45. The molecule has 1 aromatic rings. The van der Waals surface area contributed by atoms with Gasteiger partial charge < -0.3 is 5.32 Å². The molecule has 2 rings (SSSR count). The maximum Gasteiger partial charge on any atom is 0.0671 e. The molecule has 0 saturated carbocycles. The van der Waals surface area contributed by atoms with Crippen molar-refractivity contribution in [2.24, 2.45) is 0 Å². The van der Waals surface area contributed by atoms with Crippen molar-refractivity contribution in [1.82, 2.24) is 10.3 Å². The van der Waals surface area contributed by atoms with E-state index in [2.05, 4.69) is 42.4 Å². The number of rotatable bonds is 2. The van der Waals surface area contributed by atoms with Gasteiger partial charge in [-0.05, 0) is 36.1 Å². The summed E-state index contributed by atoms with van der Waals surface area (Å²) in [7, 11) is 0. The third-order valence-electron chi connectivity index (χ3n) is 2.81.